The van der Waals surface area contributed by atoms with Crippen LogP contribution < -0.4 is 5.32 Å². The molecule has 1 N–H and O–H groups in total. The average Bonchev–Trinajstić information content (AvgIpc) is 2.74. The number of nitrogens with zero attached hydrogens (tertiary/aromatic N) is 1. The first-order valence-electron chi connectivity index (χ1n) is 7.42. The smallest absolute Gasteiger partial charge is 0.0673 e. The predicted molar refractivity (Wildman–Crippen MR) is 71.3 cm³/mol. The normalized spacial score (nSPS) is 28.4. The van der Waals surface area contributed by atoms with Gasteiger partial charge < -0.3 is 15.0 Å². The van der Waals surface area contributed by atoms with Gasteiger partial charge in [-0.05, 0) is 45.7 Å². The Kier molecular flexibility index (Phi) is 5.75. The maximum atomic E-state index is 5.66. The van der Waals surface area contributed by atoms with E-state index in [0.717, 1.165) is 19.2 Å². The second-order valence-electron chi connectivity index (χ2n) is 5.62. The van der Waals surface area contributed by atoms with Crippen LogP contribution in [0.5, 0.6) is 0 Å². The molecule has 17 heavy (non-hydrogen) atoms. The quantitative estimate of drug-likeness (QED) is 0.744. The number of ether oxygens (including phenoxy) is 1. The van der Waals surface area contributed by atoms with E-state index in [-0.39, 0.29) is 0 Å². The summed E-state index contributed by atoms with van der Waals surface area (Å²) in [5, 5.41) is 3.69. The van der Waals surface area contributed by atoms with Gasteiger partial charge in [-0.1, -0.05) is 12.8 Å². The Morgan fingerprint density at radius 2 is 2.06 bits per heavy atom. The van der Waals surface area contributed by atoms with Crippen LogP contribution in [-0.4, -0.2) is 49.8 Å². The van der Waals surface area contributed by atoms with Crippen LogP contribution in [0.2, 0.25) is 0 Å². The molecule has 0 aromatic carbocycles. The predicted octanol–water partition coefficient (Wildman–Crippen LogP) is 2.02. The Hall–Kier alpha value is -0.120. The zero-order valence-corrected chi connectivity index (χ0v) is 11.3. The van der Waals surface area contributed by atoms with Gasteiger partial charge in [0.15, 0.2) is 0 Å². The molecule has 1 saturated carbocycles. The van der Waals surface area contributed by atoms with Crippen molar-refractivity contribution in [2.75, 3.05) is 32.8 Å². The fraction of sp³-hybridized carbons (Fsp3) is 1.00. The second kappa shape index (κ2) is 7.34. The lowest BCUT2D eigenvalue weighted by Gasteiger charge is -2.22. The van der Waals surface area contributed by atoms with Gasteiger partial charge in [0.05, 0.1) is 6.10 Å². The first-order chi connectivity index (χ1) is 8.34. The topological polar surface area (TPSA) is 24.5 Å². The molecular weight excluding hydrogens is 212 g/mol. The molecule has 3 nitrogen and oxygen atoms in total. The lowest BCUT2D eigenvalue weighted by atomic mass is 10.2. The third-order valence-electron chi connectivity index (χ3n) is 3.98. The third kappa shape index (κ3) is 4.94. The molecule has 3 heteroatoms. The van der Waals surface area contributed by atoms with Crippen molar-refractivity contribution in [1.29, 1.82) is 0 Å². The highest BCUT2D eigenvalue weighted by Gasteiger charge is 2.15. The summed E-state index contributed by atoms with van der Waals surface area (Å²) in [5.41, 5.74) is 0. The van der Waals surface area contributed by atoms with E-state index < -0.39 is 0 Å². The van der Waals surface area contributed by atoms with Gasteiger partial charge in [0.25, 0.3) is 0 Å². The minimum Gasteiger partial charge on any atom is -0.377 e. The van der Waals surface area contributed by atoms with E-state index in [9.17, 15) is 0 Å². The Morgan fingerprint density at radius 1 is 1.24 bits per heavy atom. The van der Waals surface area contributed by atoms with Crippen LogP contribution in [0.1, 0.15) is 45.4 Å². The Labute approximate surface area is 106 Å². The van der Waals surface area contributed by atoms with Crippen LogP contribution in [0.4, 0.5) is 0 Å². The number of nitrogens with one attached hydrogen (secondary N) is 1. The van der Waals surface area contributed by atoms with Crippen molar-refractivity contribution in [3.63, 3.8) is 0 Å². The summed E-state index contributed by atoms with van der Waals surface area (Å²) in [7, 11) is 0. The molecule has 2 rings (SSSR count). The van der Waals surface area contributed by atoms with Crippen molar-refractivity contribution in [2.45, 2.75) is 57.6 Å². The minimum atomic E-state index is 0.417. The molecule has 0 aromatic heterocycles. The molecule has 1 atom stereocenters. The van der Waals surface area contributed by atoms with Gasteiger partial charge in [-0.2, -0.15) is 0 Å². The molecule has 1 unspecified atom stereocenters. The third-order valence-corrected chi connectivity index (χ3v) is 3.98. The van der Waals surface area contributed by atoms with E-state index in [0.29, 0.717) is 6.10 Å². The lowest BCUT2D eigenvalue weighted by Crippen LogP contribution is -2.34. The van der Waals surface area contributed by atoms with E-state index >= 15 is 0 Å². The van der Waals surface area contributed by atoms with Crippen LogP contribution in [0.25, 0.3) is 0 Å². The summed E-state index contributed by atoms with van der Waals surface area (Å²) < 4.78 is 5.66. The largest absolute Gasteiger partial charge is 0.377 e. The van der Waals surface area contributed by atoms with Gasteiger partial charge in [0.2, 0.25) is 0 Å². The molecule has 1 aliphatic heterocycles. The summed E-state index contributed by atoms with van der Waals surface area (Å²) in [6.07, 6.45) is 8.55. The van der Waals surface area contributed by atoms with Crippen molar-refractivity contribution in [1.82, 2.24) is 10.2 Å². The molecule has 1 heterocycles. The summed E-state index contributed by atoms with van der Waals surface area (Å²) in [5.74, 6) is 0. The molecule has 0 aromatic rings. The Bertz CT molecular complexity index is 204. The van der Waals surface area contributed by atoms with Crippen molar-refractivity contribution in [3.05, 3.63) is 0 Å². The summed E-state index contributed by atoms with van der Waals surface area (Å²) in [4.78, 5) is 2.56. The molecule has 2 aliphatic rings. The van der Waals surface area contributed by atoms with E-state index in [2.05, 4.69) is 17.1 Å². The van der Waals surface area contributed by atoms with Gasteiger partial charge in [0.1, 0.15) is 0 Å². The molecule has 100 valence electrons. The maximum absolute atomic E-state index is 5.66. The zero-order chi connectivity index (χ0) is 11.9. The van der Waals surface area contributed by atoms with Crippen LogP contribution in [-0.2, 0) is 4.74 Å². The number of rotatable bonds is 5. The molecule has 1 saturated heterocycles. The van der Waals surface area contributed by atoms with Crippen LogP contribution >= 0.6 is 0 Å². The SMILES string of the molecule is CC1CN(CCCNC2CCCC2)CCCO1. The fourth-order valence-electron chi connectivity index (χ4n) is 3.02. The van der Waals surface area contributed by atoms with Gasteiger partial charge in [-0.3, -0.25) is 0 Å². The summed E-state index contributed by atoms with van der Waals surface area (Å²) in [6.45, 7) is 7.88. The minimum absolute atomic E-state index is 0.417. The van der Waals surface area contributed by atoms with Gasteiger partial charge >= 0.3 is 0 Å². The first-order valence-corrected chi connectivity index (χ1v) is 7.42. The van der Waals surface area contributed by atoms with Gasteiger partial charge in [-0.15, -0.1) is 0 Å². The molecule has 2 fully saturated rings. The molecule has 0 amide bonds. The highest BCUT2D eigenvalue weighted by molar-refractivity contribution is 4.74. The molecular formula is C14H28N2O. The van der Waals surface area contributed by atoms with Crippen molar-refractivity contribution in [2.24, 2.45) is 0 Å². The van der Waals surface area contributed by atoms with E-state index in [1.165, 1.54) is 58.2 Å². The van der Waals surface area contributed by atoms with Crippen molar-refractivity contribution < 1.29 is 4.74 Å². The zero-order valence-electron chi connectivity index (χ0n) is 11.3. The van der Waals surface area contributed by atoms with E-state index in [1.807, 2.05) is 0 Å². The van der Waals surface area contributed by atoms with E-state index in [1.54, 1.807) is 0 Å². The van der Waals surface area contributed by atoms with Crippen LogP contribution in [0, 0.1) is 0 Å². The average molecular weight is 240 g/mol. The Morgan fingerprint density at radius 3 is 2.88 bits per heavy atom. The first kappa shape index (κ1) is 13.3. The van der Waals surface area contributed by atoms with Crippen LogP contribution in [0.3, 0.4) is 0 Å². The maximum Gasteiger partial charge on any atom is 0.0673 e. The molecule has 0 radical (unpaired) electrons. The molecule has 0 spiro atoms. The molecule has 1 aliphatic carbocycles. The molecule has 0 bridgehead atoms. The van der Waals surface area contributed by atoms with Crippen molar-refractivity contribution in [3.8, 4) is 0 Å². The highest BCUT2D eigenvalue weighted by Crippen LogP contribution is 2.17. The number of hydrogen-bond donors (Lipinski definition) is 1. The second-order valence-corrected chi connectivity index (χ2v) is 5.62. The highest BCUT2D eigenvalue weighted by atomic mass is 16.5. The van der Waals surface area contributed by atoms with Gasteiger partial charge in [-0.25, -0.2) is 0 Å². The van der Waals surface area contributed by atoms with Crippen LogP contribution in [0.15, 0.2) is 0 Å². The van der Waals surface area contributed by atoms with Gasteiger partial charge in [0, 0.05) is 25.7 Å². The standard InChI is InChI=1S/C14H28N2O/c1-13-12-16(10-5-11-17-13)9-4-8-15-14-6-2-3-7-14/h13-15H,2-12H2,1H3. The lowest BCUT2D eigenvalue weighted by molar-refractivity contribution is 0.0676. The summed E-state index contributed by atoms with van der Waals surface area (Å²) >= 11 is 0. The van der Waals surface area contributed by atoms with Crippen molar-refractivity contribution >= 4 is 0 Å². The number of hydrogen-bond acceptors (Lipinski definition) is 3. The monoisotopic (exact) mass is 240 g/mol. The summed E-state index contributed by atoms with van der Waals surface area (Å²) in [6, 6.07) is 0.821. The Balaban J connectivity index is 1.54. The van der Waals surface area contributed by atoms with E-state index in [4.69, 9.17) is 4.74 Å². The fourth-order valence-corrected chi connectivity index (χ4v) is 3.02.